The first-order valence-corrected chi connectivity index (χ1v) is 11.5. The fraction of sp³-hybridized carbons (Fsp3) is 0.192. The maximum Gasteiger partial charge on any atom is 0.354 e. The van der Waals surface area contributed by atoms with Crippen molar-refractivity contribution in [1.29, 1.82) is 0 Å². The molecule has 5 rings (SSSR count). The molecular formula is C26H24ClN5O2. The lowest BCUT2D eigenvalue weighted by molar-refractivity contribution is 0.299. The molecule has 7 nitrogen and oxygen atoms in total. The van der Waals surface area contributed by atoms with Crippen LogP contribution in [0.15, 0.2) is 65.6 Å². The smallest absolute Gasteiger partial charge is 0.354 e. The normalized spacial score (nSPS) is 12.5. The monoisotopic (exact) mass is 473 g/mol. The molecule has 0 atom stereocenters. The van der Waals surface area contributed by atoms with Crippen molar-refractivity contribution in [1.82, 2.24) is 14.5 Å². The molecule has 0 fully saturated rings. The summed E-state index contributed by atoms with van der Waals surface area (Å²) in [6, 6.07) is 17.2. The average molecular weight is 474 g/mol. The van der Waals surface area contributed by atoms with Crippen LogP contribution in [0.2, 0.25) is 5.02 Å². The van der Waals surface area contributed by atoms with Crippen molar-refractivity contribution in [3.05, 3.63) is 93.1 Å². The summed E-state index contributed by atoms with van der Waals surface area (Å²) in [5, 5.41) is 13.1. The maximum atomic E-state index is 12.4. The van der Waals surface area contributed by atoms with Crippen molar-refractivity contribution in [2.45, 2.75) is 25.7 Å². The fourth-order valence-corrected chi connectivity index (χ4v) is 4.51. The second-order valence-electron chi connectivity index (χ2n) is 8.30. The number of benzene rings is 2. The van der Waals surface area contributed by atoms with E-state index < -0.39 is 5.69 Å². The second kappa shape index (κ2) is 9.29. The lowest BCUT2D eigenvalue weighted by Crippen LogP contribution is -2.21. The van der Waals surface area contributed by atoms with E-state index in [4.69, 9.17) is 27.4 Å². The third kappa shape index (κ3) is 4.40. The van der Waals surface area contributed by atoms with E-state index in [1.807, 2.05) is 42.5 Å². The number of nitrogen functional groups attached to an aromatic ring is 1. The van der Waals surface area contributed by atoms with Crippen LogP contribution in [-0.4, -0.2) is 26.2 Å². The Kier molecular flexibility index (Phi) is 6.04. The number of aromatic nitrogens is 3. The Morgan fingerprint density at radius 2 is 1.88 bits per heavy atom. The summed E-state index contributed by atoms with van der Waals surface area (Å²) >= 11 is 6.43. The molecule has 1 aliphatic carbocycles. The van der Waals surface area contributed by atoms with Crippen molar-refractivity contribution in [2.75, 3.05) is 17.7 Å². The van der Waals surface area contributed by atoms with Gasteiger partial charge in [0.1, 0.15) is 5.82 Å². The number of anilines is 3. The molecule has 0 aliphatic heterocycles. The predicted molar refractivity (Wildman–Crippen MR) is 135 cm³/mol. The number of nitrogens with zero attached hydrogens (tertiary/aromatic N) is 3. The topological polar surface area (TPSA) is 106 Å². The molecule has 2 heterocycles. The van der Waals surface area contributed by atoms with E-state index in [0.717, 1.165) is 53.2 Å². The lowest BCUT2D eigenvalue weighted by Gasteiger charge is -2.15. The van der Waals surface area contributed by atoms with Crippen LogP contribution >= 0.6 is 11.6 Å². The third-order valence-electron chi connectivity index (χ3n) is 6.01. The zero-order valence-corrected chi connectivity index (χ0v) is 19.2. The van der Waals surface area contributed by atoms with Crippen molar-refractivity contribution < 1.29 is 5.11 Å². The minimum atomic E-state index is -0.493. The summed E-state index contributed by atoms with van der Waals surface area (Å²) in [6.45, 7) is 0.135. The number of nitrogens with one attached hydrogen (secondary N) is 1. The van der Waals surface area contributed by atoms with Crippen LogP contribution in [0.3, 0.4) is 0 Å². The average Bonchev–Trinajstić information content (AvgIpc) is 3.30. The number of rotatable bonds is 6. The molecule has 2 aromatic heterocycles. The van der Waals surface area contributed by atoms with Gasteiger partial charge in [-0.15, -0.1) is 0 Å². The van der Waals surface area contributed by atoms with Crippen LogP contribution < -0.4 is 16.7 Å². The molecule has 0 saturated carbocycles. The highest BCUT2D eigenvalue weighted by Crippen LogP contribution is 2.35. The predicted octanol–water partition coefficient (Wildman–Crippen LogP) is 4.30. The van der Waals surface area contributed by atoms with Gasteiger partial charge in [0.2, 0.25) is 0 Å². The summed E-state index contributed by atoms with van der Waals surface area (Å²) in [4.78, 5) is 21.1. The van der Waals surface area contributed by atoms with E-state index >= 15 is 0 Å². The molecule has 172 valence electrons. The molecule has 8 heteroatoms. The van der Waals surface area contributed by atoms with Gasteiger partial charge in [0.05, 0.1) is 16.4 Å². The Bertz CT molecular complexity index is 1420. The molecule has 2 aromatic carbocycles. The molecule has 0 saturated heterocycles. The van der Waals surface area contributed by atoms with Crippen LogP contribution in [0.25, 0.3) is 16.9 Å². The van der Waals surface area contributed by atoms with Crippen LogP contribution in [-0.2, 0) is 19.3 Å². The highest BCUT2D eigenvalue weighted by atomic mass is 35.5. The van der Waals surface area contributed by atoms with Crippen LogP contribution in [0.4, 0.5) is 17.2 Å². The summed E-state index contributed by atoms with van der Waals surface area (Å²) in [5.74, 6) is 0.161. The number of hydrogen-bond donors (Lipinski definition) is 3. The Hall–Kier alpha value is -3.68. The Morgan fingerprint density at radius 3 is 2.65 bits per heavy atom. The Labute approximate surface area is 201 Å². The highest BCUT2D eigenvalue weighted by molar-refractivity contribution is 6.32. The first-order valence-electron chi connectivity index (χ1n) is 11.2. The number of aryl methyl sites for hydroxylation is 1. The standard InChI is InChI=1S/C26H24ClN5O2/c27-20-9-6-17(14-24(20)32-12-10-25(28)31-26(32)34)22-15-23(19-2-1-3-21(19)30-22)29-18-7-4-16(5-8-18)11-13-33/h4-10,12,14-15,33H,1-3,11,13H2,(H,29,30)(H2,28,31,34). The highest BCUT2D eigenvalue weighted by Gasteiger charge is 2.19. The van der Waals surface area contributed by atoms with Crippen LogP contribution in [0.1, 0.15) is 23.2 Å². The van der Waals surface area contributed by atoms with Crippen LogP contribution in [0.5, 0.6) is 0 Å². The summed E-state index contributed by atoms with van der Waals surface area (Å²) in [7, 11) is 0. The van der Waals surface area contributed by atoms with E-state index in [1.165, 1.54) is 10.1 Å². The van der Waals surface area contributed by atoms with Gasteiger partial charge in [-0.3, -0.25) is 9.55 Å². The summed E-state index contributed by atoms with van der Waals surface area (Å²) < 4.78 is 1.38. The molecule has 0 spiro atoms. The van der Waals surface area contributed by atoms with Crippen LogP contribution in [0, 0.1) is 0 Å². The molecule has 1 aliphatic rings. The first kappa shape index (κ1) is 22.1. The zero-order valence-electron chi connectivity index (χ0n) is 18.5. The van der Waals surface area contributed by atoms with Gasteiger partial charge in [0.25, 0.3) is 0 Å². The van der Waals surface area contributed by atoms with Crippen molar-refractivity contribution in [3.8, 4) is 16.9 Å². The lowest BCUT2D eigenvalue weighted by atomic mass is 10.1. The molecule has 0 unspecified atom stereocenters. The number of aliphatic hydroxyl groups excluding tert-OH is 1. The molecule has 0 bridgehead atoms. The number of pyridine rings is 1. The minimum absolute atomic E-state index is 0.135. The van der Waals surface area contributed by atoms with E-state index in [9.17, 15) is 4.79 Å². The van der Waals surface area contributed by atoms with E-state index in [2.05, 4.69) is 10.3 Å². The zero-order chi connectivity index (χ0) is 23.7. The third-order valence-corrected chi connectivity index (χ3v) is 6.33. The quantitative estimate of drug-likeness (QED) is 0.385. The molecule has 4 N–H and O–H groups in total. The molecule has 0 amide bonds. The minimum Gasteiger partial charge on any atom is -0.396 e. The molecular weight excluding hydrogens is 450 g/mol. The van der Waals surface area contributed by atoms with Gasteiger partial charge in [-0.2, -0.15) is 4.98 Å². The summed E-state index contributed by atoms with van der Waals surface area (Å²) in [5.41, 5.74) is 12.7. The van der Waals surface area contributed by atoms with E-state index in [1.54, 1.807) is 18.3 Å². The number of nitrogens with two attached hydrogens (primary N) is 1. The van der Waals surface area contributed by atoms with Gasteiger partial charge in [-0.1, -0.05) is 29.8 Å². The van der Waals surface area contributed by atoms with E-state index in [0.29, 0.717) is 17.1 Å². The Morgan fingerprint density at radius 1 is 1.06 bits per heavy atom. The van der Waals surface area contributed by atoms with E-state index in [-0.39, 0.29) is 12.4 Å². The fourth-order valence-electron chi connectivity index (χ4n) is 4.30. The number of halogens is 1. The number of fused-ring (bicyclic) bond motifs is 1. The van der Waals surface area contributed by atoms with Crippen molar-refractivity contribution >= 4 is 28.8 Å². The second-order valence-corrected chi connectivity index (χ2v) is 8.71. The largest absolute Gasteiger partial charge is 0.396 e. The van der Waals surface area contributed by atoms with Gasteiger partial charge < -0.3 is 16.2 Å². The molecule has 34 heavy (non-hydrogen) atoms. The van der Waals surface area contributed by atoms with Gasteiger partial charge in [-0.25, -0.2) is 4.79 Å². The van der Waals surface area contributed by atoms with Gasteiger partial charge in [0.15, 0.2) is 0 Å². The Balaban J connectivity index is 1.54. The first-order chi connectivity index (χ1) is 16.5. The van der Waals surface area contributed by atoms with Crippen molar-refractivity contribution in [3.63, 3.8) is 0 Å². The van der Waals surface area contributed by atoms with Gasteiger partial charge in [0, 0.05) is 35.4 Å². The SMILES string of the molecule is Nc1ccn(-c2cc(-c3cc(Nc4ccc(CCO)cc4)c4c(n3)CCC4)ccc2Cl)c(=O)n1. The number of aliphatic hydroxyl groups is 1. The van der Waals surface area contributed by atoms with Crippen molar-refractivity contribution in [2.24, 2.45) is 0 Å². The summed E-state index contributed by atoms with van der Waals surface area (Å²) in [6.07, 6.45) is 5.18. The van der Waals surface area contributed by atoms with Gasteiger partial charge in [-0.05, 0) is 73.2 Å². The molecule has 4 aromatic rings. The molecule has 0 radical (unpaired) electrons. The number of hydrogen-bond acceptors (Lipinski definition) is 6. The maximum absolute atomic E-state index is 12.4. The van der Waals surface area contributed by atoms with Gasteiger partial charge >= 0.3 is 5.69 Å².